The van der Waals surface area contributed by atoms with Crippen LogP contribution in [0.5, 0.6) is 0 Å². The normalized spacial score (nSPS) is 7.64. The summed E-state index contributed by atoms with van der Waals surface area (Å²) in [5.74, 6) is -1.31. The third-order valence-corrected chi connectivity index (χ3v) is 0.563. The number of Topliss-reactive ketones (excluding diaryl/α,β-unsaturated/α-hetero) is 1. The number of esters is 1. The van der Waals surface area contributed by atoms with Gasteiger partial charge in [0, 0.05) is 6.92 Å². The van der Waals surface area contributed by atoms with Crippen LogP contribution in [0.25, 0.3) is 0 Å². The molecule has 0 aliphatic rings. The van der Waals surface area contributed by atoms with E-state index in [-0.39, 0.29) is 11.9 Å². The summed E-state index contributed by atoms with van der Waals surface area (Å²) in [6.07, 6.45) is 0. The fraction of sp³-hybridized carbons (Fsp3) is 0.667. The van der Waals surface area contributed by atoms with Gasteiger partial charge in [0.1, 0.15) is 0 Å². The Morgan fingerprint density at radius 3 is 1.82 bits per heavy atom. The van der Waals surface area contributed by atoms with Crippen molar-refractivity contribution in [2.75, 3.05) is 11.9 Å². The first-order chi connectivity index (χ1) is 5.09. The van der Waals surface area contributed by atoms with E-state index < -0.39 is 11.8 Å². The van der Waals surface area contributed by atoms with Crippen molar-refractivity contribution in [1.29, 1.82) is 0 Å². The topological polar surface area (TPSA) is 43.4 Å². The number of carbonyl (C=O) groups excluding carboxylic acids is 2. The first-order valence-corrected chi connectivity index (χ1v) is 3.96. The van der Waals surface area contributed by atoms with Crippen LogP contribution in [0.15, 0.2) is 0 Å². The number of halogens is 2. The zero-order valence-electron chi connectivity index (χ0n) is 6.39. The molecular formula is C6H10Cl2O3. The van der Waals surface area contributed by atoms with Crippen LogP contribution in [0.3, 0.4) is 0 Å². The fourth-order valence-electron chi connectivity index (χ4n) is 0.233. The molecule has 0 saturated carbocycles. The Morgan fingerprint density at radius 2 is 1.73 bits per heavy atom. The molecule has 0 spiro atoms. The molecule has 0 heterocycles. The van der Waals surface area contributed by atoms with Gasteiger partial charge in [0.25, 0.3) is 0 Å². The second-order valence-electron chi connectivity index (χ2n) is 1.38. The van der Waals surface area contributed by atoms with Crippen molar-refractivity contribution in [2.24, 2.45) is 0 Å². The molecule has 0 aliphatic carbocycles. The molecule has 0 aliphatic heterocycles. The summed E-state index contributed by atoms with van der Waals surface area (Å²) >= 11 is 9.53. The molecule has 0 aromatic heterocycles. The predicted molar refractivity (Wildman–Crippen MR) is 43.9 cm³/mol. The minimum absolute atomic E-state index is 0.194. The van der Waals surface area contributed by atoms with E-state index in [1.807, 2.05) is 0 Å². The second-order valence-corrected chi connectivity index (χ2v) is 2.19. The van der Waals surface area contributed by atoms with Crippen LogP contribution in [-0.2, 0) is 14.3 Å². The summed E-state index contributed by atoms with van der Waals surface area (Å²) in [6.45, 7) is 3.09. The van der Waals surface area contributed by atoms with Crippen molar-refractivity contribution in [3.8, 4) is 0 Å². The van der Waals surface area contributed by atoms with Gasteiger partial charge < -0.3 is 4.74 Å². The van der Waals surface area contributed by atoms with E-state index in [1.54, 1.807) is 6.92 Å². The van der Waals surface area contributed by atoms with Gasteiger partial charge in [-0.25, -0.2) is 4.79 Å². The molecule has 11 heavy (non-hydrogen) atoms. The van der Waals surface area contributed by atoms with Crippen molar-refractivity contribution in [3.05, 3.63) is 0 Å². The molecule has 0 atom stereocenters. The van der Waals surface area contributed by atoms with Crippen molar-refractivity contribution in [2.45, 2.75) is 13.8 Å². The van der Waals surface area contributed by atoms with Gasteiger partial charge >= 0.3 is 5.97 Å². The van der Waals surface area contributed by atoms with Gasteiger partial charge in [-0.3, -0.25) is 4.79 Å². The number of hydrogen-bond donors (Lipinski definition) is 0. The average Bonchev–Trinajstić information content (AvgIpc) is 1.90. The summed E-state index contributed by atoms with van der Waals surface area (Å²) in [5.41, 5.74) is 0. The lowest BCUT2D eigenvalue weighted by Gasteiger charge is -1.93. The molecule has 0 bridgehead atoms. The molecule has 66 valence electrons. The lowest BCUT2D eigenvalue weighted by Crippen LogP contribution is -2.12. The van der Waals surface area contributed by atoms with Crippen LogP contribution in [0.4, 0.5) is 0 Å². The fourth-order valence-corrected chi connectivity index (χ4v) is 0.233. The van der Waals surface area contributed by atoms with Crippen LogP contribution in [0.1, 0.15) is 13.8 Å². The van der Waals surface area contributed by atoms with E-state index in [4.69, 9.17) is 23.2 Å². The van der Waals surface area contributed by atoms with Gasteiger partial charge in [-0.05, 0) is 6.92 Å². The minimum Gasteiger partial charge on any atom is -0.460 e. The van der Waals surface area contributed by atoms with E-state index in [9.17, 15) is 9.59 Å². The average molecular weight is 201 g/mol. The molecule has 0 amide bonds. The summed E-state index contributed by atoms with van der Waals surface area (Å²) in [5, 5.41) is 0.194. The number of ketones is 1. The molecule has 0 aromatic carbocycles. The molecule has 0 rings (SSSR count). The molecule has 0 unspecified atom stereocenters. The minimum atomic E-state index is -0.757. The van der Waals surface area contributed by atoms with Gasteiger partial charge in [0.05, 0.1) is 11.9 Å². The summed E-state index contributed by atoms with van der Waals surface area (Å²) in [6, 6.07) is 0. The summed E-state index contributed by atoms with van der Waals surface area (Å²) in [4.78, 5) is 20.2. The predicted octanol–water partition coefficient (Wildman–Crippen LogP) is 1.56. The zero-order valence-corrected chi connectivity index (χ0v) is 7.91. The molecule has 0 radical (unpaired) electrons. The van der Waals surface area contributed by atoms with E-state index in [0.717, 1.165) is 0 Å². The van der Waals surface area contributed by atoms with Crippen molar-refractivity contribution in [3.63, 3.8) is 0 Å². The van der Waals surface area contributed by atoms with Crippen molar-refractivity contribution < 1.29 is 14.3 Å². The molecule has 0 fully saturated rings. The summed E-state index contributed by atoms with van der Waals surface area (Å²) in [7, 11) is 0. The van der Waals surface area contributed by atoms with Gasteiger partial charge in [0.2, 0.25) is 5.78 Å². The number of rotatable bonds is 2. The van der Waals surface area contributed by atoms with Gasteiger partial charge in [-0.2, -0.15) is 0 Å². The van der Waals surface area contributed by atoms with E-state index in [0.29, 0.717) is 0 Å². The van der Waals surface area contributed by atoms with Crippen molar-refractivity contribution in [1.82, 2.24) is 0 Å². The molecular weight excluding hydrogens is 191 g/mol. The van der Waals surface area contributed by atoms with Crippen LogP contribution in [-0.4, -0.2) is 23.7 Å². The van der Waals surface area contributed by atoms with Gasteiger partial charge in [0.15, 0.2) is 0 Å². The molecule has 0 saturated heterocycles. The SMILES string of the molecule is CCOC(=O)C(C)=O.ClCCl. The number of alkyl halides is 2. The molecule has 0 N–H and O–H groups in total. The second kappa shape index (κ2) is 9.72. The smallest absolute Gasteiger partial charge is 0.374 e. The van der Waals surface area contributed by atoms with Crippen molar-refractivity contribution >= 4 is 35.0 Å². The molecule has 0 aromatic rings. The van der Waals surface area contributed by atoms with Gasteiger partial charge in [-0.1, -0.05) is 0 Å². The quantitative estimate of drug-likeness (QED) is 0.386. The Morgan fingerprint density at radius 1 is 1.36 bits per heavy atom. The third-order valence-electron chi connectivity index (χ3n) is 0.563. The Bertz CT molecular complexity index is 125. The molecule has 3 nitrogen and oxygen atoms in total. The number of hydrogen-bond acceptors (Lipinski definition) is 3. The van der Waals surface area contributed by atoms with Crippen LogP contribution < -0.4 is 0 Å². The maximum Gasteiger partial charge on any atom is 0.374 e. The number of carbonyl (C=O) groups is 2. The first kappa shape index (κ1) is 13.3. The highest BCUT2D eigenvalue weighted by Gasteiger charge is 2.05. The standard InChI is InChI=1S/C5H8O3.CH2Cl2/c1-3-8-5(7)4(2)6;2-1-3/h3H2,1-2H3;1H2. The van der Waals surface area contributed by atoms with Gasteiger partial charge in [-0.15, -0.1) is 23.2 Å². The Balaban J connectivity index is 0. The van der Waals surface area contributed by atoms with E-state index >= 15 is 0 Å². The Kier molecular flexibility index (Phi) is 11.8. The third kappa shape index (κ3) is 12.8. The maximum atomic E-state index is 10.2. The zero-order chi connectivity index (χ0) is 9.28. The highest BCUT2D eigenvalue weighted by atomic mass is 35.5. The monoisotopic (exact) mass is 200 g/mol. The van der Waals surface area contributed by atoms with Crippen LogP contribution in [0, 0.1) is 0 Å². The lowest BCUT2D eigenvalue weighted by molar-refractivity contribution is -0.152. The highest BCUT2D eigenvalue weighted by Crippen LogP contribution is 1.77. The van der Waals surface area contributed by atoms with Crippen LogP contribution >= 0.6 is 23.2 Å². The highest BCUT2D eigenvalue weighted by molar-refractivity contribution is 6.40. The maximum absolute atomic E-state index is 10.2. The largest absolute Gasteiger partial charge is 0.460 e. The van der Waals surface area contributed by atoms with Crippen LogP contribution in [0.2, 0.25) is 0 Å². The number of ether oxygens (including phenoxy) is 1. The first-order valence-electron chi connectivity index (χ1n) is 2.89. The molecule has 5 heteroatoms. The van der Waals surface area contributed by atoms with E-state index in [1.165, 1.54) is 6.92 Å². The van der Waals surface area contributed by atoms with E-state index in [2.05, 4.69) is 4.74 Å². The lowest BCUT2D eigenvalue weighted by atomic mass is 10.5. The summed E-state index contributed by atoms with van der Waals surface area (Å²) < 4.78 is 4.31. The Hall–Kier alpha value is -0.280. The Labute approximate surface area is 75.6 Å².